The molecule has 2 atom stereocenters. The molecule has 0 aromatic carbocycles. The minimum Gasteiger partial charge on any atom is -0.436 e. The second-order valence-electron chi connectivity index (χ2n) is 2.49. The number of hydrogen-bond acceptors (Lipinski definition) is 3. The van der Waals surface area contributed by atoms with E-state index < -0.39 is 6.29 Å². The van der Waals surface area contributed by atoms with Crippen molar-refractivity contribution < 1.29 is 14.6 Å². The summed E-state index contributed by atoms with van der Waals surface area (Å²) in [4.78, 5) is 10.5. The molecule has 9 heavy (non-hydrogen) atoms. The van der Waals surface area contributed by atoms with Crippen molar-refractivity contribution in [3.8, 4) is 0 Å². The van der Waals surface area contributed by atoms with Gasteiger partial charge in [-0.15, -0.1) is 0 Å². The molecule has 1 saturated heterocycles. The number of esters is 1. The van der Waals surface area contributed by atoms with Crippen LogP contribution in [0.4, 0.5) is 0 Å². The number of aliphatic hydroxyl groups excluding tert-OH is 1. The van der Waals surface area contributed by atoms with Gasteiger partial charge in [0.2, 0.25) is 6.29 Å². The van der Waals surface area contributed by atoms with E-state index in [0.717, 1.165) is 0 Å². The van der Waals surface area contributed by atoms with E-state index in [9.17, 15) is 4.79 Å². The lowest BCUT2D eigenvalue weighted by Crippen LogP contribution is -2.27. The summed E-state index contributed by atoms with van der Waals surface area (Å²) in [6.07, 6.45) is 0.157. The Morgan fingerprint density at radius 2 is 2.44 bits per heavy atom. The molecule has 0 aromatic heterocycles. The fourth-order valence-electron chi connectivity index (χ4n) is 0.960. The van der Waals surface area contributed by atoms with Gasteiger partial charge in [0.1, 0.15) is 0 Å². The maximum atomic E-state index is 10.5. The number of ether oxygens (including phenoxy) is 1. The average Bonchev–Trinajstić information content (AvgIpc) is 1.59. The summed E-state index contributed by atoms with van der Waals surface area (Å²) in [5.74, 6) is -0.0255. The van der Waals surface area contributed by atoms with E-state index in [-0.39, 0.29) is 11.9 Å². The van der Waals surface area contributed by atoms with E-state index in [1.54, 1.807) is 0 Å². The molecular formula is C6H10O3. The van der Waals surface area contributed by atoms with Crippen molar-refractivity contribution in [2.45, 2.75) is 26.1 Å². The molecule has 1 N–H and O–H groups in total. The van der Waals surface area contributed by atoms with Gasteiger partial charge in [0.15, 0.2) is 0 Å². The normalized spacial score (nSPS) is 36.0. The van der Waals surface area contributed by atoms with Crippen LogP contribution >= 0.6 is 0 Å². The highest BCUT2D eigenvalue weighted by molar-refractivity contribution is 5.70. The van der Waals surface area contributed by atoms with E-state index in [4.69, 9.17) is 5.11 Å². The first kappa shape index (κ1) is 6.55. The first-order valence-corrected chi connectivity index (χ1v) is 3.06. The van der Waals surface area contributed by atoms with Gasteiger partial charge in [-0.25, -0.2) is 0 Å². The maximum absolute atomic E-state index is 10.5. The number of rotatable bonds is 0. The molecule has 1 aliphatic heterocycles. The zero-order valence-electron chi connectivity index (χ0n) is 5.33. The van der Waals surface area contributed by atoms with Crippen molar-refractivity contribution in [1.29, 1.82) is 0 Å². The quantitative estimate of drug-likeness (QED) is 0.479. The van der Waals surface area contributed by atoms with E-state index >= 15 is 0 Å². The second kappa shape index (κ2) is 2.35. The minimum absolute atomic E-state index is 0.265. The summed E-state index contributed by atoms with van der Waals surface area (Å²) in [5.41, 5.74) is 0. The number of cyclic esters (lactones) is 1. The highest BCUT2D eigenvalue weighted by Gasteiger charge is 2.23. The molecule has 0 aromatic rings. The fourth-order valence-corrected chi connectivity index (χ4v) is 0.960. The number of aliphatic hydroxyl groups is 1. The van der Waals surface area contributed by atoms with Gasteiger partial charge in [-0.3, -0.25) is 4.79 Å². The average molecular weight is 130 g/mol. The second-order valence-corrected chi connectivity index (χ2v) is 2.49. The molecule has 1 fully saturated rings. The number of carbonyl (C=O) groups is 1. The molecule has 0 aliphatic carbocycles. The maximum Gasteiger partial charge on any atom is 0.308 e. The molecular weight excluding hydrogens is 120 g/mol. The molecule has 1 heterocycles. The predicted octanol–water partition coefficient (Wildman–Crippen LogP) is 0.278. The lowest BCUT2D eigenvalue weighted by Gasteiger charge is -2.21. The molecule has 1 aliphatic rings. The minimum atomic E-state index is -0.860. The van der Waals surface area contributed by atoms with Gasteiger partial charge < -0.3 is 9.84 Å². The smallest absolute Gasteiger partial charge is 0.308 e. The number of hydrogen-bond donors (Lipinski definition) is 1. The van der Waals surface area contributed by atoms with Crippen LogP contribution in [0.1, 0.15) is 19.8 Å². The van der Waals surface area contributed by atoms with Crippen molar-refractivity contribution in [1.82, 2.24) is 0 Å². The molecule has 3 heteroatoms. The van der Waals surface area contributed by atoms with Crippen LogP contribution in [-0.4, -0.2) is 17.4 Å². The molecule has 0 amide bonds. The van der Waals surface area contributed by atoms with Crippen molar-refractivity contribution >= 4 is 5.97 Å². The van der Waals surface area contributed by atoms with Gasteiger partial charge in [0.05, 0.1) is 0 Å². The van der Waals surface area contributed by atoms with Gasteiger partial charge in [-0.2, -0.15) is 0 Å². The van der Waals surface area contributed by atoms with Crippen LogP contribution in [0.25, 0.3) is 0 Å². The monoisotopic (exact) mass is 130 g/mol. The van der Waals surface area contributed by atoms with Crippen molar-refractivity contribution in [3.05, 3.63) is 0 Å². The Bertz CT molecular complexity index is 109. The van der Waals surface area contributed by atoms with Gasteiger partial charge in [0, 0.05) is 12.8 Å². The fraction of sp³-hybridized carbons (Fsp3) is 0.833. The molecule has 1 rings (SSSR count). The summed E-state index contributed by atoms with van der Waals surface area (Å²) in [5, 5.41) is 8.81. The molecule has 52 valence electrons. The standard InChI is InChI=1S/C6H10O3/c1-4-2-5(7)9-6(8)3-4/h4-5,7H,2-3H2,1H3. The number of carbonyl (C=O) groups excluding carboxylic acids is 1. The van der Waals surface area contributed by atoms with E-state index in [1.165, 1.54) is 0 Å². The van der Waals surface area contributed by atoms with Crippen molar-refractivity contribution in [2.24, 2.45) is 5.92 Å². The lowest BCUT2D eigenvalue weighted by molar-refractivity contribution is -0.180. The first-order valence-electron chi connectivity index (χ1n) is 3.06. The molecule has 2 unspecified atom stereocenters. The highest BCUT2D eigenvalue weighted by atomic mass is 16.6. The summed E-state index contributed by atoms with van der Waals surface area (Å²) in [6.45, 7) is 1.92. The van der Waals surface area contributed by atoms with Crippen LogP contribution in [0.2, 0.25) is 0 Å². The Kier molecular flexibility index (Phi) is 1.71. The molecule has 0 spiro atoms. The zero-order chi connectivity index (χ0) is 6.85. The summed E-state index contributed by atoms with van der Waals surface area (Å²) in [7, 11) is 0. The van der Waals surface area contributed by atoms with Crippen molar-refractivity contribution in [2.75, 3.05) is 0 Å². The van der Waals surface area contributed by atoms with E-state index in [0.29, 0.717) is 12.8 Å². The van der Waals surface area contributed by atoms with Crippen LogP contribution in [-0.2, 0) is 9.53 Å². The van der Waals surface area contributed by atoms with Gasteiger partial charge >= 0.3 is 5.97 Å². The van der Waals surface area contributed by atoms with Crippen LogP contribution < -0.4 is 0 Å². The van der Waals surface area contributed by atoms with Crippen LogP contribution in [0.5, 0.6) is 0 Å². The Balaban J connectivity index is 2.43. The third-order valence-electron chi connectivity index (χ3n) is 1.39. The molecule has 0 bridgehead atoms. The largest absolute Gasteiger partial charge is 0.436 e. The topological polar surface area (TPSA) is 46.5 Å². The molecule has 3 nitrogen and oxygen atoms in total. The van der Waals surface area contributed by atoms with Gasteiger partial charge in [-0.05, 0) is 5.92 Å². The third kappa shape index (κ3) is 1.68. The first-order chi connectivity index (χ1) is 4.18. The molecule has 0 radical (unpaired) electrons. The molecule has 0 saturated carbocycles. The predicted molar refractivity (Wildman–Crippen MR) is 30.5 cm³/mol. The third-order valence-corrected chi connectivity index (χ3v) is 1.39. The summed E-state index contributed by atoms with van der Waals surface area (Å²) >= 11 is 0. The van der Waals surface area contributed by atoms with Crippen LogP contribution in [0, 0.1) is 5.92 Å². The van der Waals surface area contributed by atoms with Gasteiger partial charge in [0.25, 0.3) is 0 Å². The van der Waals surface area contributed by atoms with Gasteiger partial charge in [-0.1, -0.05) is 6.92 Å². The van der Waals surface area contributed by atoms with Crippen LogP contribution in [0.15, 0.2) is 0 Å². The zero-order valence-corrected chi connectivity index (χ0v) is 5.33. The Hall–Kier alpha value is -0.570. The van der Waals surface area contributed by atoms with Crippen LogP contribution in [0.3, 0.4) is 0 Å². The Morgan fingerprint density at radius 3 is 2.89 bits per heavy atom. The highest BCUT2D eigenvalue weighted by Crippen LogP contribution is 2.18. The van der Waals surface area contributed by atoms with E-state index in [2.05, 4.69) is 4.74 Å². The Morgan fingerprint density at radius 1 is 1.78 bits per heavy atom. The van der Waals surface area contributed by atoms with Crippen molar-refractivity contribution in [3.63, 3.8) is 0 Å². The summed E-state index contributed by atoms with van der Waals surface area (Å²) < 4.78 is 4.47. The van der Waals surface area contributed by atoms with E-state index in [1.807, 2.05) is 6.92 Å². The lowest BCUT2D eigenvalue weighted by atomic mass is 10.0. The SMILES string of the molecule is CC1CC(=O)OC(O)C1. The Labute approximate surface area is 53.6 Å². The summed E-state index contributed by atoms with van der Waals surface area (Å²) in [6, 6.07) is 0.